The number of ketones is 1. The van der Waals surface area contributed by atoms with Gasteiger partial charge in [0.25, 0.3) is 0 Å². The Balaban J connectivity index is 1.71. The molecule has 0 aromatic heterocycles. The van der Waals surface area contributed by atoms with Crippen LogP contribution in [0.2, 0.25) is 0 Å². The van der Waals surface area contributed by atoms with Crippen molar-refractivity contribution in [3.63, 3.8) is 0 Å². The summed E-state index contributed by atoms with van der Waals surface area (Å²) in [5.41, 5.74) is -0.116. The van der Waals surface area contributed by atoms with Crippen molar-refractivity contribution in [1.82, 2.24) is 0 Å². The van der Waals surface area contributed by atoms with Crippen molar-refractivity contribution in [3.05, 3.63) is 0 Å². The van der Waals surface area contributed by atoms with Gasteiger partial charge in [-0.15, -0.1) is 0 Å². The molecule has 4 aliphatic carbocycles. The Labute approximate surface area is 133 Å². The first-order valence-corrected chi connectivity index (χ1v) is 9.24. The van der Waals surface area contributed by atoms with E-state index in [2.05, 4.69) is 13.8 Å². The Bertz CT molecular complexity index is 489. The third-order valence-electron chi connectivity index (χ3n) is 8.29. The van der Waals surface area contributed by atoms with Gasteiger partial charge >= 0.3 is 0 Å². The average molecular weight is 306 g/mol. The number of carbonyl (C=O) groups is 1. The predicted octanol–water partition coefficient (Wildman–Crippen LogP) is 2.93. The summed E-state index contributed by atoms with van der Waals surface area (Å²) in [6, 6.07) is 0. The number of carbonyl (C=O) groups excluding carboxylic acids is 1. The van der Waals surface area contributed by atoms with E-state index in [0.717, 1.165) is 32.1 Å². The van der Waals surface area contributed by atoms with Gasteiger partial charge in [-0.1, -0.05) is 13.8 Å². The molecule has 4 rings (SSSR count). The van der Waals surface area contributed by atoms with Crippen molar-refractivity contribution in [2.75, 3.05) is 0 Å². The zero-order valence-corrected chi connectivity index (χ0v) is 13.9. The summed E-state index contributed by atoms with van der Waals surface area (Å²) in [5.74, 6) is 2.30. The first-order valence-electron chi connectivity index (χ1n) is 9.24. The van der Waals surface area contributed by atoms with Gasteiger partial charge in [-0.05, 0) is 73.0 Å². The first-order chi connectivity index (χ1) is 10.4. The smallest absolute Gasteiger partial charge is 0.133 e. The molecular formula is C19H30O3. The van der Waals surface area contributed by atoms with Crippen molar-refractivity contribution in [3.8, 4) is 0 Å². The van der Waals surface area contributed by atoms with Gasteiger partial charge in [0, 0.05) is 12.8 Å². The molecule has 0 heterocycles. The Morgan fingerprint density at radius 3 is 2.55 bits per heavy atom. The van der Waals surface area contributed by atoms with Gasteiger partial charge in [-0.25, -0.2) is 0 Å². The molecule has 0 bridgehead atoms. The number of hydrogen-bond acceptors (Lipinski definition) is 3. The fourth-order valence-electron chi connectivity index (χ4n) is 7.24. The van der Waals surface area contributed by atoms with E-state index >= 15 is 0 Å². The second kappa shape index (κ2) is 4.80. The van der Waals surface area contributed by atoms with Crippen molar-refractivity contribution in [1.29, 1.82) is 0 Å². The minimum absolute atomic E-state index is 0.00740. The van der Waals surface area contributed by atoms with E-state index in [4.69, 9.17) is 0 Å². The van der Waals surface area contributed by atoms with Crippen molar-refractivity contribution < 1.29 is 15.0 Å². The summed E-state index contributed by atoms with van der Waals surface area (Å²) in [7, 11) is 0. The molecule has 124 valence electrons. The summed E-state index contributed by atoms with van der Waals surface area (Å²) < 4.78 is 0. The summed E-state index contributed by atoms with van der Waals surface area (Å²) in [6.45, 7) is 4.47. The SMILES string of the molecule is C[C@]12CC(=O)CCC1CC[C@@H]1[C@@H]2C(O)C[C@]2(C)C(O)CC[C@@H]12. The van der Waals surface area contributed by atoms with Gasteiger partial charge in [0.2, 0.25) is 0 Å². The van der Waals surface area contributed by atoms with E-state index in [9.17, 15) is 15.0 Å². The van der Waals surface area contributed by atoms with Crippen LogP contribution in [0.1, 0.15) is 65.2 Å². The van der Waals surface area contributed by atoms with Gasteiger partial charge < -0.3 is 10.2 Å². The number of Topliss-reactive ketones (excluding diaryl/α,β-unsaturated/α-hetero) is 1. The molecular weight excluding hydrogens is 276 g/mol. The number of aliphatic hydroxyl groups excluding tert-OH is 2. The molecule has 3 nitrogen and oxygen atoms in total. The normalized spacial score (nSPS) is 57.9. The summed E-state index contributed by atoms with van der Waals surface area (Å²) in [4.78, 5) is 12.1. The van der Waals surface area contributed by atoms with Crippen molar-refractivity contribution in [2.45, 2.75) is 77.4 Å². The summed E-state index contributed by atoms with van der Waals surface area (Å²) in [5, 5.41) is 21.5. The second-order valence-electron chi connectivity index (χ2n) is 9.20. The number of aliphatic hydroxyl groups is 2. The van der Waals surface area contributed by atoms with Gasteiger partial charge in [-0.2, -0.15) is 0 Å². The topological polar surface area (TPSA) is 57.5 Å². The van der Waals surface area contributed by atoms with Crippen LogP contribution in [0, 0.1) is 34.5 Å². The number of hydrogen-bond donors (Lipinski definition) is 2. The Morgan fingerprint density at radius 2 is 1.77 bits per heavy atom. The van der Waals surface area contributed by atoms with E-state index < -0.39 is 0 Å². The molecule has 8 atom stereocenters. The maximum absolute atomic E-state index is 12.1. The molecule has 22 heavy (non-hydrogen) atoms. The van der Waals surface area contributed by atoms with Crippen LogP contribution in [0.3, 0.4) is 0 Å². The third-order valence-corrected chi connectivity index (χ3v) is 8.29. The van der Waals surface area contributed by atoms with E-state index in [1.54, 1.807) is 0 Å². The minimum Gasteiger partial charge on any atom is -0.393 e. The van der Waals surface area contributed by atoms with Crippen LogP contribution in [0.25, 0.3) is 0 Å². The van der Waals surface area contributed by atoms with Gasteiger partial charge in [-0.3, -0.25) is 4.79 Å². The van der Waals surface area contributed by atoms with Crippen LogP contribution in [0.4, 0.5) is 0 Å². The molecule has 0 aliphatic heterocycles. The maximum atomic E-state index is 12.1. The molecule has 3 unspecified atom stereocenters. The van der Waals surface area contributed by atoms with Gasteiger partial charge in [0.05, 0.1) is 12.2 Å². The molecule has 0 saturated heterocycles. The number of fused-ring (bicyclic) bond motifs is 5. The van der Waals surface area contributed by atoms with Crippen LogP contribution in [-0.2, 0) is 4.79 Å². The van der Waals surface area contributed by atoms with E-state index in [-0.39, 0.29) is 29.0 Å². The number of rotatable bonds is 0. The average Bonchev–Trinajstić information content (AvgIpc) is 2.73. The monoisotopic (exact) mass is 306 g/mol. The molecule has 4 aliphatic rings. The third kappa shape index (κ3) is 1.84. The summed E-state index contributed by atoms with van der Waals surface area (Å²) in [6.07, 6.45) is 6.92. The molecule has 0 aromatic rings. The van der Waals surface area contributed by atoms with Gasteiger partial charge in [0.1, 0.15) is 5.78 Å². The Hall–Kier alpha value is -0.410. The van der Waals surface area contributed by atoms with Gasteiger partial charge in [0.15, 0.2) is 0 Å². The second-order valence-corrected chi connectivity index (χ2v) is 9.20. The fourth-order valence-corrected chi connectivity index (χ4v) is 7.24. The zero-order chi connectivity index (χ0) is 15.7. The first kappa shape index (κ1) is 15.1. The molecule has 2 N–H and O–H groups in total. The lowest BCUT2D eigenvalue weighted by molar-refractivity contribution is -0.178. The van der Waals surface area contributed by atoms with Crippen LogP contribution < -0.4 is 0 Å². The Kier molecular flexibility index (Phi) is 3.30. The molecule has 0 spiro atoms. The molecule has 0 aromatic carbocycles. The Morgan fingerprint density at radius 1 is 1.00 bits per heavy atom. The minimum atomic E-state index is -0.349. The summed E-state index contributed by atoms with van der Waals surface area (Å²) >= 11 is 0. The highest BCUT2D eigenvalue weighted by Gasteiger charge is 2.63. The lowest BCUT2D eigenvalue weighted by Gasteiger charge is -2.61. The largest absolute Gasteiger partial charge is 0.393 e. The lowest BCUT2D eigenvalue weighted by atomic mass is 9.44. The predicted molar refractivity (Wildman–Crippen MR) is 84.1 cm³/mol. The molecule has 0 radical (unpaired) electrons. The molecule has 4 fully saturated rings. The standard InChI is InChI=1S/C19H30O3/c1-18-9-12(20)5-3-11(18)4-6-13-14-7-8-16(22)19(14,2)10-15(21)17(13)18/h11,13-17,21-22H,3-10H2,1-2H3/t11?,13-,14-,15?,16?,17+,18-,19-/m0/s1. The van der Waals surface area contributed by atoms with Crippen LogP contribution >= 0.6 is 0 Å². The highest BCUT2D eigenvalue weighted by atomic mass is 16.3. The fraction of sp³-hybridized carbons (Fsp3) is 0.947. The van der Waals surface area contributed by atoms with Crippen LogP contribution in [0.5, 0.6) is 0 Å². The van der Waals surface area contributed by atoms with Crippen LogP contribution in [-0.4, -0.2) is 28.2 Å². The highest BCUT2D eigenvalue weighted by Crippen LogP contribution is 2.65. The van der Waals surface area contributed by atoms with E-state index in [1.807, 2.05) is 0 Å². The molecule has 4 saturated carbocycles. The zero-order valence-electron chi connectivity index (χ0n) is 13.9. The van der Waals surface area contributed by atoms with Crippen LogP contribution in [0.15, 0.2) is 0 Å². The quantitative estimate of drug-likeness (QED) is 0.723. The van der Waals surface area contributed by atoms with Crippen molar-refractivity contribution in [2.24, 2.45) is 34.5 Å². The maximum Gasteiger partial charge on any atom is 0.133 e. The van der Waals surface area contributed by atoms with E-state index in [1.165, 1.54) is 12.8 Å². The molecule has 0 amide bonds. The lowest BCUT2D eigenvalue weighted by Crippen LogP contribution is -2.59. The van der Waals surface area contributed by atoms with Crippen molar-refractivity contribution >= 4 is 5.78 Å². The van der Waals surface area contributed by atoms with E-state index in [0.29, 0.717) is 30.0 Å². The molecule has 3 heteroatoms. The highest BCUT2D eigenvalue weighted by molar-refractivity contribution is 5.80.